The molecule has 1 aromatic rings. The molecule has 1 aromatic heterocycles. The minimum atomic E-state index is 1.06. The molecule has 0 aliphatic heterocycles. The van der Waals surface area contributed by atoms with Crippen LogP contribution in [0.15, 0.2) is 5.51 Å². The maximum Gasteiger partial charge on any atom is 0.0797 e. The first-order chi connectivity index (χ1) is 5.84. The molecule has 0 aliphatic carbocycles. The second-order valence-corrected chi connectivity index (χ2v) is 2.77. The molecule has 12 heavy (non-hydrogen) atoms. The SMILES string of the molecule is CC.CC.CCc1ncsc1C. The lowest BCUT2D eigenvalue weighted by molar-refractivity contribution is 1.04. The molecular weight excluding hydrogens is 166 g/mol. The van der Waals surface area contributed by atoms with E-state index in [1.54, 1.807) is 11.3 Å². The standard InChI is InChI=1S/C6H9NS.2C2H6/c1-3-6-5(2)8-4-7-6;2*1-2/h4H,3H2,1-2H3;2*1-2H3. The number of nitrogens with zero attached hydrogens (tertiary/aromatic N) is 1. The van der Waals surface area contributed by atoms with Crippen LogP contribution in [0.3, 0.4) is 0 Å². The molecule has 0 radical (unpaired) electrons. The topological polar surface area (TPSA) is 12.9 Å². The fourth-order valence-corrected chi connectivity index (χ4v) is 1.34. The van der Waals surface area contributed by atoms with Crippen LogP contribution in [-0.4, -0.2) is 4.98 Å². The quantitative estimate of drug-likeness (QED) is 0.646. The summed E-state index contributed by atoms with van der Waals surface area (Å²) in [6.07, 6.45) is 1.06. The molecule has 0 aromatic carbocycles. The highest BCUT2D eigenvalue weighted by molar-refractivity contribution is 7.09. The van der Waals surface area contributed by atoms with E-state index in [4.69, 9.17) is 0 Å². The van der Waals surface area contributed by atoms with Gasteiger partial charge in [0.15, 0.2) is 0 Å². The van der Waals surface area contributed by atoms with Crippen molar-refractivity contribution in [2.75, 3.05) is 0 Å². The molecule has 1 nitrogen and oxygen atoms in total. The van der Waals surface area contributed by atoms with Crippen molar-refractivity contribution in [2.45, 2.75) is 48.0 Å². The summed E-state index contributed by atoms with van der Waals surface area (Å²) in [5, 5.41) is 0. The first-order valence-corrected chi connectivity index (χ1v) is 5.61. The van der Waals surface area contributed by atoms with Gasteiger partial charge in [-0.05, 0) is 13.3 Å². The van der Waals surface area contributed by atoms with E-state index < -0.39 is 0 Å². The zero-order valence-corrected chi connectivity index (χ0v) is 9.96. The van der Waals surface area contributed by atoms with Crippen molar-refractivity contribution in [1.29, 1.82) is 0 Å². The Morgan fingerprint density at radius 2 is 1.75 bits per heavy atom. The minimum Gasteiger partial charge on any atom is -0.249 e. The van der Waals surface area contributed by atoms with E-state index in [2.05, 4.69) is 18.8 Å². The highest BCUT2D eigenvalue weighted by Gasteiger charge is 1.94. The molecule has 0 bridgehead atoms. The molecule has 0 amide bonds. The van der Waals surface area contributed by atoms with Crippen LogP contribution < -0.4 is 0 Å². The van der Waals surface area contributed by atoms with Gasteiger partial charge in [-0.15, -0.1) is 11.3 Å². The van der Waals surface area contributed by atoms with Crippen molar-refractivity contribution in [3.63, 3.8) is 0 Å². The van der Waals surface area contributed by atoms with Crippen LogP contribution in [0.5, 0.6) is 0 Å². The zero-order valence-electron chi connectivity index (χ0n) is 9.14. The summed E-state index contributed by atoms with van der Waals surface area (Å²) in [4.78, 5) is 5.51. The van der Waals surface area contributed by atoms with Gasteiger partial charge in [0.1, 0.15) is 0 Å². The van der Waals surface area contributed by atoms with Gasteiger partial charge in [-0.3, -0.25) is 0 Å². The number of thiazole rings is 1. The van der Waals surface area contributed by atoms with Crippen LogP contribution in [0.25, 0.3) is 0 Å². The lowest BCUT2D eigenvalue weighted by atomic mass is 10.3. The van der Waals surface area contributed by atoms with Crippen LogP contribution >= 0.6 is 11.3 Å². The summed E-state index contributed by atoms with van der Waals surface area (Å²) < 4.78 is 0. The maximum atomic E-state index is 4.15. The lowest BCUT2D eigenvalue weighted by Gasteiger charge is -1.85. The highest BCUT2D eigenvalue weighted by Crippen LogP contribution is 2.10. The highest BCUT2D eigenvalue weighted by atomic mass is 32.1. The van der Waals surface area contributed by atoms with Gasteiger partial charge in [0.2, 0.25) is 0 Å². The summed E-state index contributed by atoms with van der Waals surface area (Å²) in [5.74, 6) is 0. The Labute approximate surface area is 80.9 Å². The number of aryl methyl sites for hydroxylation is 2. The summed E-state index contributed by atoms with van der Waals surface area (Å²) >= 11 is 1.72. The molecule has 2 heteroatoms. The Bertz CT molecular complexity index is 170. The Kier molecular flexibility index (Phi) is 12.6. The van der Waals surface area contributed by atoms with E-state index in [0.29, 0.717) is 0 Å². The van der Waals surface area contributed by atoms with Crippen molar-refractivity contribution in [1.82, 2.24) is 4.98 Å². The van der Waals surface area contributed by atoms with Gasteiger partial charge in [-0.2, -0.15) is 0 Å². The number of hydrogen-bond acceptors (Lipinski definition) is 2. The largest absolute Gasteiger partial charge is 0.249 e. The number of aromatic nitrogens is 1. The van der Waals surface area contributed by atoms with Gasteiger partial charge in [0, 0.05) is 4.88 Å². The van der Waals surface area contributed by atoms with Gasteiger partial charge in [-0.1, -0.05) is 34.6 Å². The molecular formula is C10H21NS. The monoisotopic (exact) mass is 187 g/mol. The van der Waals surface area contributed by atoms with Crippen molar-refractivity contribution < 1.29 is 0 Å². The van der Waals surface area contributed by atoms with Gasteiger partial charge in [0.05, 0.1) is 11.2 Å². The van der Waals surface area contributed by atoms with Crippen LogP contribution in [0.4, 0.5) is 0 Å². The molecule has 72 valence electrons. The first-order valence-electron chi connectivity index (χ1n) is 4.73. The zero-order chi connectivity index (χ0) is 9.98. The van der Waals surface area contributed by atoms with Gasteiger partial charge in [-0.25, -0.2) is 4.98 Å². The van der Waals surface area contributed by atoms with Gasteiger partial charge < -0.3 is 0 Å². The third-order valence-electron chi connectivity index (χ3n) is 1.18. The Morgan fingerprint density at radius 3 is 1.92 bits per heavy atom. The van der Waals surface area contributed by atoms with E-state index in [0.717, 1.165) is 6.42 Å². The minimum absolute atomic E-state index is 1.06. The van der Waals surface area contributed by atoms with Crippen molar-refractivity contribution in [2.24, 2.45) is 0 Å². The summed E-state index contributed by atoms with van der Waals surface area (Å²) in [7, 11) is 0. The first kappa shape index (κ1) is 14.2. The fourth-order valence-electron chi connectivity index (χ4n) is 0.668. The van der Waals surface area contributed by atoms with Crippen LogP contribution in [0.1, 0.15) is 45.2 Å². The van der Waals surface area contributed by atoms with E-state index in [9.17, 15) is 0 Å². The molecule has 0 spiro atoms. The van der Waals surface area contributed by atoms with Crippen molar-refractivity contribution >= 4 is 11.3 Å². The molecule has 0 atom stereocenters. The Hall–Kier alpha value is -0.370. The number of rotatable bonds is 1. The predicted molar refractivity (Wildman–Crippen MR) is 58.9 cm³/mol. The smallest absolute Gasteiger partial charge is 0.0797 e. The van der Waals surface area contributed by atoms with Gasteiger partial charge >= 0.3 is 0 Å². The van der Waals surface area contributed by atoms with Crippen molar-refractivity contribution in [3.8, 4) is 0 Å². The van der Waals surface area contributed by atoms with E-state index in [-0.39, 0.29) is 0 Å². The molecule has 1 rings (SSSR count). The molecule has 0 unspecified atom stereocenters. The van der Waals surface area contributed by atoms with E-state index >= 15 is 0 Å². The molecule has 0 saturated carbocycles. The average molecular weight is 187 g/mol. The summed E-state index contributed by atoms with van der Waals surface area (Å²) in [6.45, 7) is 12.2. The number of hydrogen-bond donors (Lipinski definition) is 0. The molecule has 0 aliphatic rings. The van der Waals surface area contributed by atoms with Crippen molar-refractivity contribution in [3.05, 3.63) is 16.1 Å². The maximum absolute atomic E-state index is 4.15. The summed E-state index contributed by atoms with van der Waals surface area (Å²) in [6, 6.07) is 0. The van der Waals surface area contributed by atoms with Crippen LogP contribution in [0.2, 0.25) is 0 Å². The molecule has 0 N–H and O–H groups in total. The third-order valence-corrected chi connectivity index (χ3v) is 1.98. The van der Waals surface area contributed by atoms with Crippen LogP contribution in [0, 0.1) is 6.92 Å². The fraction of sp³-hybridized carbons (Fsp3) is 0.700. The Morgan fingerprint density at radius 1 is 1.25 bits per heavy atom. The molecule has 0 saturated heterocycles. The van der Waals surface area contributed by atoms with Gasteiger partial charge in [0.25, 0.3) is 0 Å². The molecule has 1 heterocycles. The van der Waals surface area contributed by atoms with E-state index in [1.165, 1.54) is 10.6 Å². The van der Waals surface area contributed by atoms with Crippen LogP contribution in [-0.2, 0) is 6.42 Å². The second-order valence-electron chi connectivity index (χ2n) is 1.71. The molecule has 0 fully saturated rings. The Balaban J connectivity index is 0. The normalized spacial score (nSPS) is 7.50. The summed E-state index contributed by atoms with van der Waals surface area (Å²) in [5.41, 5.74) is 3.14. The second kappa shape index (κ2) is 10.6. The average Bonchev–Trinajstić information content (AvgIpc) is 2.58. The predicted octanol–water partition coefficient (Wildman–Crippen LogP) is 4.07. The van der Waals surface area contributed by atoms with E-state index in [1.807, 2.05) is 33.2 Å². The lowest BCUT2D eigenvalue weighted by Crippen LogP contribution is -1.79. The third kappa shape index (κ3) is 5.30.